The molecule has 3 rings (SSSR count). The van der Waals surface area contributed by atoms with Crippen molar-refractivity contribution in [2.45, 2.75) is 62.4 Å². The van der Waals surface area contributed by atoms with Crippen molar-refractivity contribution in [3.63, 3.8) is 0 Å². The number of amides is 1. The zero-order chi connectivity index (χ0) is 18.9. The molecule has 3 heterocycles. The highest BCUT2D eigenvalue weighted by molar-refractivity contribution is 7.91. The molecule has 2 fully saturated rings. The average Bonchev–Trinajstić information content (AvgIpc) is 3.16. The molecule has 0 spiro atoms. The summed E-state index contributed by atoms with van der Waals surface area (Å²) in [7, 11) is -3.38. The lowest BCUT2D eigenvalue weighted by Gasteiger charge is -2.42. The molecule has 0 unspecified atom stereocenters. The molecule has 1 aromatic rings. The van der Waals surface area contributed by atoms with Crippen LogP contribution in [0.3, 0.4) is 0 Å². The zero-order valence-corrected chi connectivity index (χ0v) is 17.5. The number of carbonyl (C=O) groups excluding carboxylic acids is 1. The molecule has 26 heavy (non-hydrogen) atoms. The van der Waals surface area contributed by atoms with E-state index < -0.39 is 10.0 Å². The number of hydrogen-bond acceptors (Lipinski definition) is 4. The summed E-state index contributed by atoms with van der Waals surface area (Å²) in [4.78, 5) is 16.3. The van der Waals surface area contributed by atoms with Crippen molar-refractivity contribution < 1.29 is 18.1 Å². The first kappa shape index (κ1) is 19.8. The van der Waals surface area contributed by atoms with Crippen LogP contribution in [0.25, 0.3) is 0 Å². The van der Waals surface area contributed by atoms with Gasteiger partial charge < -0.3 is 9.80 Å². The highest BCUT2D eigenvalue weighted by atomic mass is 32.2. The first-order chi connectivity index (χ1) is 12.3. The number of nitrogens with zero attached hydrogens (tertiary/aromatic N) is 2. The third kappa shape index (κ3) is 3.83. The smallest absolute Gasteiger partial charge is 0.281 e. The van der Waals surface area contributed by atoms with Crippen molar-refractivity contribution in [1.29, 1.82) is 0 Å². The second-order valence-electron chi connectivity index (χ2n) is 7.59. The number of nitrogens with one attached hydrogen (secondary N) is 1. The van der Waals surface area contributed by atoms with Crippen molar-refractivity contribution >= 4 is 27.3 Å². The standard InChI is InChI=1S/C18H29N3O3S2/c1-14-6-4-7-15(2)21(14)18(22)16(3)19-9-11-20(12-10-19)26(23,24)17-8-5-13-25-17/h5,8,13-16H,4,6-7,9-12H2,1-3H3/p+1/t14-,15-,16-/m1/s1. The van der Waals surface area contributed by atoms with Crippen LogP contribution >= 0.6 is 11.3 Å². The minimum atomic E-state index is -3.38. The van der Waals surface area contributed by atoms with Gasteiger partial charge in [0.05, 0.1) is 26.2 Å². The van der Waals surface area contributed by atoms with Gasteiger partial charge in [-0.1, -0.05) is 6.07 Å². The fraction of sp³-hybridized carbons (Fsp3) is 0.722. The van der Waals surface area contributed by atoms with Crippen molar-refractivity contribution in [2.24, 2.45) is 0 Å². The maximum atomic E-state index is 13.1. The van der Waals surface area contributed by atoms with Gasteiger partial charge in [0.15, 0.2) is 6.04 Å². The summed E-state index contributed by atoms with van der Waals surface area (Å²) in [6.45, 7) is 8.57. The predicted octanol–water partition coefficient (Wildman–Crippen LogP) is 0.815. The Bertz CT molecular complexity index is 702. The lowest BCUT2D eigenvalue weighted by Crippen LogP contribution is -3.19. The van der Waals surface area contributed by atoms with Gasteiger partial charge in [0.2, 0.25) is 0 Å². The number of quaternary nitrogens is 1. The predicted molar refractivity (Wildman–Crippen MR) is 103 cm³/mol. The summed E-state index contributed by atoms with van der Waals surface area (Å²) >= 11 is 1.26. The topological polar surface area (TPSA) is 62.1 Å². The van der Waals surface area contributed by atoms with Gasteiger partial charge in [-0.3, -0.25) is 4.79 Å². The van der Waals surface area contributed by atoms with Crippen LogP contribution in [-0.4, -0.2) is 67.8 Å². The van der Waals surface area contributed by atoms with Gasteiger partial charge in [0.1, 0.15) is 4.21 Å². The lowest BCUT2D eigenvalue weighted by atomic mass is 9.96. The second kappa shape index (κ2) is 7.96. The van der Waals surface area contributed by atoms with Crippen LogP contribution in [0.2, 0.25) is 0 Å². The van der Waals surface area contributed by atoms with Crippen LogP contribution in [-0.2, 0) is 14.8 Å². The number of piperazine rings is 1. The highest BCUT2D eigenvalue weighted by Crippen LogP contribution is 2.23. The molecule has 3 atom stereocenters. The minimum absolute atomic E-state index is 0.121. The first-order valence-electron chi connectivity index (χ1n) is 9.52. The fourth-order valence-electron chi connectivity index (χ4n) is 4.24. The number of likely N-dealkylation sites (tertiary alicyclic amines) is 1. The molecule has 0 aromatic carbocycles. The van der Waals surface area contributed by atoms with E-state index in [0.29, 0.717) is 42.5 Å². The Kier molecular flexibility index (Phi) is 6.06. The van der Waals surface area contributed by atoms with Crippen LogP contribution in [0, 0.1) is 0 Å². The quantitative estimate of drug-likeness (QED) is 0.814. The van der Waals surface area contributed by atoms with E-state index in [0.717, 1.165) is 12.8 Å². The fourth-order valence-corrected chi connectivity index (χ4v) is 6.82. The molecule has 1 aromatic heterocycles. The van der Waals surface area contributed by atoms with E-state index in [9.17, 15) is 13.2 Å². The van der Waals surface area contributed by atoms with E-state index in [1.807, 2.05) is 6.92 Å². The van der Waals surface area contributed by atoms with E-state index in [2.05, 4.69) is 18.7 Å². The van der Waals surface area contributed by atoms with Crippen molar-refractivity contribution in [3.05, 3.63) is 17.5 Å². The van der Waals surface area contributed by atoms with E-state index >= 15 is 0 Å². The van der Waals surface area contributed by atoms with Gasteiger partial charge in [-0.25, -0.2) is 8.42 Å². The summed E-state index contributed by atoms with van der Waals surface area (Å²) in [5, 5.41) is 1.79. The normalized spacial score (nSPS) is 27.4. The van der Waals surface area contributed by atoms with Gasteiger partial charge in [0.25, 0.3) is 15.9 Å². The molecule has 0 saturated carbocycles. The molecule has 6 nitrogen and oxygen atoms in total. The first-order valence-corrected chi connectivity index (χ1v) is 11.8. The Morgan fingerprint density at radius 3 is 2.38 bits per heavy atom. The summed E-state index contributed by atoms with van der Waals surface area (Å²) in [5.41, 5.74) is 0. The molecule has 1 amide bonds. The van der Waals surface area contributed by atoms with Gasteiger partial charge in [0, 0.05) is 12.1 Å². The van der Waals surface area contributed by atoms with E-state index in [-0.39, 0.29) is 11.9 Å². The van der Waals surface area contributed by atoms with Gasteiger partial charge >= 0.3 is 0 Å². The molecule has 0 radical (unpaired) electrons. The SMILES string of the molecule is C[C@@H]1CCC[C@@H](C)N1C(=O)[C@@H](C)[NH+]1CCN(S(=O)(=O)c2cccs2)CC1. The molecule has 2 saturated heterocycles. The molecule has 146 valence electrons. The largest absolute Gasteiger partial charge is 0.332 e. The lowest BCUT2D eigenvalue weighted by molar-refractivity contribution is -0.918. The van der Waals surface area contributed by atoms with E-state index in [1.165, 1.54) is 22.7 Å². The van der Waals surface area contributed by atoms with Gasteiger partial charge in [-0.2, -0.15) is 4.31 Å². The second-order valence-corrected chi connectivity index (χ2v) is 10.7. The third-order valence-electron chi connectivity index (χ3n) is 5.88. The number of rotatable bonds is 4. The zero-order valence-electron chi connectivity index (χ0n) is 15.8. The number of thiophene rings is 1. The number of hydrogen-bond donors (Lipinski definition) is 1. The molecule has 0 bridgehead atoms. The minimum Gasteiger partial charge on any atom is -0.332 e. The summed E-state index contributed by atoms with van der Waals surface area (Å²) in [5.74, 6) is 0.217. The molecular weight excluding hydrogens is 370 g/mol. The maximum Gasteiger partial charge on any atom is 0.281 e. The highest BCUT2D eigenvalue weighted by Gasteiger charge is 2.39. The van der Waals surface area contributed by atoms with Crippen molar-refractivity contribution in [2.75, 3.05) is 26.2 Å². The molecule has 2 aliphatic heterocycles. The monoisotopic (exact) mass is 400 g/mol. The Balaban J connectivity index is 1.61. The Morgan fingerprint density at radius 2 is 1.85 bits per heavy atom. The van der Waals surface area contributed by atoms with Crippen LogP contribution in [0.4, 0.5) is 0 Å². The Morgan fingerprint density at radius 1 is 1.23 bits per heavy atom. The molecular formula is C18H30N3O3S2+. The third-order valence-corrected chi connectivity index (χ3v) is 9.16. The van der Waals surface area contributed by atoms with Crippen molar-refractivity contribution in [1.82, 2.24) is 9.21 Å². The van der Waals surface area contributed by atoms with Crippen LogP contribution in [0.1, 0.15) is 40.0 Å². The molecule has 0 aliphatic carbocycles. The Hall–Kier alpha value is -0.960. The average molecular weight is 401 g/mol. The Labute approximate surface area is 160 Å². The number of carbonyl (C=O) groups is 1. The van der Waals surface area contributed by atoms with Gasteiger partial charge in [-0.15, -0.1) is 11.3 Å². The van der Waals surface area contributed by atoms with Crippen LogP contribution in [0.5, 0.6) is 0 Å². The summed E-state index contributed by atoms with van der Waals surface area (Å²) < 4.78 is 27.3. The maximum absolute atomic E-state index is 13.1. The van der Waals surface area contributed by atoms with Crippen LogP contribution in [0.15, 0.2) is 21.7 Å². The van der Waals surface area contributed by atoms with Crippen LogP contribution < -0.4 is 4.90 Å². The van der Waals surface area contributed by atoms with Crippen molar-refractivity contribution in [3.8, 4) is 0 Å². The molecule has 2 aliphatic rings. The van der Waals surface area contributed by atoms with Gasteiger partial charge in [-0.05, 0) is 51.5 Å². The molecule has 1 N–H and O–H groups in total. The van der Waals surface area contributed by atoms with E-state index in [4.69, 9.17) is 0 Å². The number of sulfonamides is 1. The number of piperidine rings is 1. The summed E-state index contributed by atoms with van der Waals surface area (Å²) in [6.07, 6.45) is 3.34. The summed E-state index contributed by atoms with van der Waals surface area (Å²) in [6, 6.07) is 3.90. The van der Waals surface area contributed by atoms with E-state index in [1.54, 1.807) is 21.8 Å². The molecule has 8 heteroatoms.